The first kappa shape index (κ1) is 71.3. The molecule has 3 unspecified atom stereocenters. The molecule has 0 radical (unpaired) electrons. The van der Waals surface area contributed by atoms with Crippen molar-refractivity contribution in [1.82, 2.24) is 39.6 Å². The Morgan fingerprint density at radius 2 is 1.53 bits per heavy atom. The molecule has 3 aromatic heterocycles. The van der Waals surface area contributed by atoms with Gasteiger partial charge in [-0.05, 0) is 95.1 Å². The van der Waals surface area contributed by atoms with E-state index < -0.39 is 0 Å². The highest BCUT2D eigenvalue weighted by Gasteiger charge is 2.34. The number of aliphatic hydroxyl groups is 1. The van der Waals surface area contributed by atoms with Crippen molar-refractivity contribution in [2.45, 2.75) is 95.9 Å². The molecule has 9 rings (SSSR count). The number of hydrogen-bond acceptors (Lipinski definition) is 23. The molecule has 25 heteroatoms. The number of piperazine rings is 1. The number of pyridine rings is 1. The Bertz CT molecular complexity index is 3230. The maximum Gasteiger partial charge on any atom is 0.318 e. The quantitative estimate of drug-likeness (QED) is 0.0260. The third-order valence-corrected chi connectivity index (χ3v) is 17.8. The fraction of sp³-hybridized carbons (Fsp3) is 0.580. The molecule has 0 saturated carbocycles. The van der Waals surface area contributed by atoms with Crippen molar-refractivity contribution in [2.24, 2.45) is 5.73 Å². The molecule has 4 N–H and O–H groups in total. The van der Waals surface area contributed by atoms with Crippen LogP contribution in [-0.4, -0.2) is 234 Å². The van der Waals surface area contributed by atoms with Crippen LogP contribution in [0.3, 0.4) is 0 Å². The van der Waals surface area contributed by atoms with E-state index in [1.165, 1.54) is 0 Å². The van der Waals surface area contributed by atoms with Gasteiger partial charge in [-0.15, -0.1) is 0 Å². The number of carbonyl (C=O) groups excluding carboxylic acids is 1. The smallest absolute Gasteiger partial charge is 0.318 e. The van der Waals surface area contributed by atoms with Gasteiger partial charge in [-0.3, -0.25) is 4.79 Å². The zero-order valence-corrected chi connectivity index (χ0v) is 56.0. The standard InChI is InChI=1S/C69H97ClN14O10/c1-4-53(46-72)67-76-62(45-63(77-67)83-26-6-5-13-55(83)22-31-85)73-47-52-18-19-64(74-48-52)93-44-43-92-42-41-91-40-39-90-38-37-89-36-35-88-34-33-87-32-30-79(2)24-10-17-65(86)84-29-28-82(49-56(84)20-23-71)68-58-21-27-81(61-16-8-12-54-11-7-15-59(70)66(54)61)50-60(58)75-69(78-68)94-51-57-14-9-25-80(57)3/h7-8,10-12,15-19,45-46,48,55-57,85H,4-6,9,13-14,20-22,24-44,47,49-51,72H2,1-3H3,(H,73,76,77)/b17-10+,53-46-. The van der Waals surface area contributed by atoms with Gasteiger partial charge in [-0.1, -0.05) is 54.9 Å². The summed E-state index contributed by atoms with van der Waals surface area (Å²) in [6.45, 7) is 15.0. The van der Waals surface area contributed by atoms with Crippen LogP contribution in [0, 0.1) is 11.3 Å². The molecule has 7 heterocycles. The summed E-state index contributed by atoms with van der Waals surface area (Å²) in [6.07, 6.45) is 14.7. The van der Waals surface area contributed by atoms with E-state index in [2.05, 4.69) is 72.2 Å². The number of fused-ring (bicyclic) bond motifs is 2. The summed E-state index contributed by atoms with van der Waals surface area (Å²) in [5.74, 6) is 3.38. The molecule has 2 aromatic carbocycles. The van der Waals surface area contributed by atoms with Crippen molar-refractivity contribution in [1.29, 1.82) is 5.26 Å². The van der Waals surface area contributed by atoms with Crippen LogP contribution in [0.4, 0.5) is 23.1 Å². The third-order valence-electron chi connectivity index (χ3n) is 17.5. The summed E-state index contributed by atoms with van der Waals surface area (Å²) >= 11 is 6.80. The molecule has 1 amide bonds. The molecule has 0 spiro atoms. The number of piperidine rings is 1. The second-order valence-electron chi connectivity index (χ2n) is 24.0. The first-order valence-electron chi connectivity index (χ1n) is 33.5. The number of ether oxygens (including phenoxy) is 8. The maximum absolute atomic E-state index is 13.7. The van der Waals surface area contributed by atoms with Crippen LogP contribution in [0.15, 0.2) is 79.1 Å². The SMILES string of the molecule is CC/C(=C/N)c1nc(NCc2ccc(OCCOCCOCCOCCOCCOCCOCCN(C)C/C=C/C(=O)N3CCN(c4nc(OCC5CCCN5C)nc5c4CCN(c4cccc6cccc(Cl)c46)C5)CC3CC#N)nc2)cc(N2CCCCC2CCO)n1. The molecule has 0 bridgehead atoms. The van der Waals surface area contributed by atoms with Crippen LogP contribution in [0.1, 0.15) is 80.9 Å². The molecule has 24 nitrogen and oxygen atoms in total. The average Bonchev–Trinajstić information content (AvgIpc) is 0.855. The topological polar surface area (TPSA) is 257 Å². The highest BCUT2D eigenvalue weighted by Crippen LogP contribution is 2.38. The van der Waals surface area contributed by atoms with E-state index in [9.17, 15) is 15.2 Å². The van der Waals surface area contributed by atoms with E-state index in [-0.39, 0.29) is 31.0 Å². The molecule has 0 aliphatic carbocycles. The number of allylic oxidation sites excluding steroid dienone is 1. The minimum Gasteiger partial charge on any atom is -0.475 e. The van der Waals surface area contributed by atoms with Crippen molar-refractivity contribution in [2.75, 3.05) is 186 Å². The van der Waals surface area contributed by atoms with Gasteiger partial charge in [0.1, 0.15) is 30.7 Å². The fourth-order valence-corrected chi connectivity index (χ4v) is 12.6. The van der Waals surface area contributed by atoms with Gasteiger partial charge in [0.2, 0.25) is 11.8 Å². The number of aromatic nitrogens is 5. The molecule has 3 fully saturated rings. The lowest BCUT2D eigenvalue weighted by molar-refractivity contribution is -0.128. The number of aliphatic hydroxyl groups excluding tert-OH is 1. The summed E-state index contributed by atoms with van der Waals surface area (Å²) < 4.78 is 46.2. The Balaban J connectivity index is 0.575. The van der Waals surface area contributed by atoms with Crippen LogP contribution in [0.25, 0.3) is 16.3 Å². The van der Waals surface area contributed by atoms with Crippen molar-refractivity contribution in [3.05, 3.63) is 107 Å². The summed E-state index contributed by atoms with van der Waals surface area (Å²) in [5, 5.41) is 26.0. The lowest BCUT2D eigenvalue weighted by Crippen LogP contribution is -2.55. The number of carbonyl (C=O) groups is 1. The van der Waals surface area contributed by atoms with Gasteiger partial charge in [-0.2, -0.15) is 15.2 Å². The number of amides is 1. The first-order chi connectivity index (χ1) is 46.1. The van der Waals surface area contributed by atoms with E-state index in [1.54, 1.807) is 18.5 Å². The molecular weight excluding hydrogens is 1220 g/mol. The lowest BCUT2D eigenvalue weighted by Gasteiger charge is -2.42. The molecule has 5 aromatic rings. The normalized spacial score (nSPS) is 18.0. The summed E-state index contributed by atoms with van der Waals surface area (Å²) in [4.78, 5) is 51.1. The molecule has 510 valence electrons. The number of rotatable bonds is 39. The second kappa shape index (κ2) is 38.5. The Morgan fingerprint density at radius 3 is 2.21 bits per heavy atom. The predicted molar refractivity (Wildman–Crippen MR) is 365 cm³/mol. The number of likely N-dealkylation sites (N-methyl/N-ethyl adjacent to an activating group) is 2. The Kier molecular flexibility index (Phi) is 29.2. The molecule has 94 heavy (non-hydrogen) atoms. The zero-order chi connectivity index (χ0) is 65.7. The van der Waals surface area contributed by atoms with Gasteiger partial charge in [0, 0.05) is 124 Å². The minimum atomic E-state index is -0.318. The van der Waals surface area contributed by atoms with Gasteiger partial charge in [-0.25, -0.2) is 15.0 Å². The van der Waals surface area contributed by atoms with Crippen molar-refractivity contribution in [3.8, 4) is 18.0 Å². The Labute approximate surface area is 559 Å². The number of benzene rings is 2. The largest absolute Gasteiger partial charge is 0.475 e. The number of nitrogens with zero attached hydrogens (tertiary/aromatic N) is 12. The van der Waals surface area contributed by atoms with Crippen molar-refractivity contribution >= 4 is 57.0 Å². The Morgan fingerprint density at radius 1 is 0.809 bits per heavy atom. The molecular formula is C69H97ClN14O10. The molecule has 3 atom stereocenters. The lowest BCUT2D eigenvalue weighted by atomic mass is 9.99. The van der Waals surface area contributed by atoms with E-state index in [4.69, 9.17) is 75.2 Å². The minimum absolute atomic E-state index is 0.109. The van der Waals surface area contributed by atoms with Crippen LogP contribution < -0.4 is 35.2 Å². The highest BCUT2D eigenvalue weighted by atomic mass is 35.5. The number of nitrogens with two attached hydrogens (primary N) is 1. The monoisotopic (exact) mass is 1320 g/mol. The first-order valence-corrected chi connectivity index (χ1v) is 33.9. The number of anilines is 4. The van der Waals surface area contributed by atoms with Crippen molar-refractivity contribution in [3.63, 3.8) is 0 Å². The molecule has 3 saturated heterocycles. The number of nitriles is 1. The maximum atomic E-state index is 13.7. The number of hydrogen-bond donors (Lipinski definition) is 3. The Hall–Kier alpha value is -7.02. The number of halogens is 1. The number of nitrogens with one attached hydrogen (secondary N) is 1. The second-order valence-corrected chi connectivity index (χ2v) is 24.4. The molecule has 4 aliphatic heterocycles. The predicted octanol–water partition coefficient (Wildman–Crippen LogP) is 7.16. The van der Waals surface area contributed by atoms with Crippen LogP contribution in [-0.2, 0) is 52.7 Å². The fourth-order valence-electron chi connectivity index (χ4n) is 12.3. The third kappa shape index (κ3) is 21.2. The van der Waals surface area contributed by atoms with E-state index in [0.717, 1.165) is 114 Å². The van der Waals surface area contributed by atoms with Crippen LogP contribution in [0.2, 0.25) is 5.02 Å². The summed E-state index contributed by atoms with van der Waals surface area (Å²) in [6, 6.07) is 21.0. The summed E-state index contributed by atoms with van der Waals surface area (Å²) in [7, 11) is 4.12. The van der Waals surface area contributed by atoms with E-state index in [1.807, 2.05) is 55.3 Å². The number of likely N-dealkylation sites (tertiary alicyclic amines) is 1. The van der Waals surface area contributed by atoms with Gasteiger partial charge in [0.25, 0.3) is 0 Å². The van der Waals surface area contributed by atoms with E-state index >= 15 is 0 Å². The zero-order valence-electron chi connectivity index (χ0n) is 55.2. The van der Waals surface area contributed by atoms with Gasteiger partial charge in [0.05, 0.1) is 115 Å². The molecule has 4 aliphatic rings. The van der Waals surface area contributed by atoms with Crippen molar-refractivity contribution < 1.29 is 47.8 Å². The van der Waals surface area contributed by atoms with Crippen LogP contribution >= 0.6 is 11.6 Å². The van der Waals surface area contributed by atoms with E-state index in [0.29, 0.717) is 181 Å². The van der Waals surface area contributed by atoms with Gasteiger partial charge < -0.3 is 83.5 Å². The van der Waals surface area contributed by atoms with Gasteiger partial charge in [0.15, 0.2) is 5.82 Å². The average molecular weight is 1320 g/mol. The summed E-state index contributed by atoms with van der Waals surface area (Å²) in [5.41, 5.74) is 10.9. The highest BCUT2D eigenvalue weighted by molar-refractivity contribution is 6.36. The van der Waals surface area contributed by atoms with Gasteiger partial charge >= 0.3 is 6.01 Å². The van der Waals surface area contributed by atoms with Crippen LogP contribution in [0.5, 0.6) is 11.9 Å².